The molecule has 1 aromatic carbocycles. The van der Waals surface area contributed by atoms with Crippen molar-refractivity contribution in [1.29, 1.82) is 0 Å². The number of nitro groups is 1. The van der Waals surface area contributed by atoms with Crippen LogP contribution in [0.15, 0.2) is 29.2 Å². The normalized spacial score (nSPS) is 36.9. The predicted molar refractivity (Wildman–Crippen MR) is 76.5 cm³/mol. The molecule has 3 aliphatic rings. The molecule has 1 heterocycles. The largest absolute Gasteiger partial charge is 0.391 e. The van der Waals surface area contributed by atoms with Crippen molar-refractivity contribution in [1.82, 2.24) is 4.31 Å². The van der Waals surface area contributed by atoms with Crippen molar-refractivity contribution in [3.8, 4) is 0 Å². The van der Waals surface area contributed by atoms with Crippen LogP contribution in [0.3, 0.4) is 0 Å². The number of aliphatic hydroxyl groups is 1. The summed E-state index contributed by atoms with van der Waals surface area (Å²) in [5, 5.41) is 21.0. The van der Waals surface area contributed by atoms with Crippen LogP contribution in [-0.2, 0) is 10.0 Å². The molecule has 0 unspecified atom stereocenters. The van der Waals surface area contributed by atoms with Gasteiger partial charge in [0.1, 0.15) is 0 Å². The Labute approximate surface area is 127 Å². The van der Waals surface area contributed by atoms with Crippen LogP contribution in [-0.4, -0.2) is 41.4 Å². The summed E-state index contributed by atoms with van der Waals surface area (Å²) >= 11 is 0. The van der Waals surface area contributed by atoms with Gasteiger partial charge < -0.3 is 5.11 Å². The fraction of sp³-hybridized carbons (Fsp3) is 0.571. The van der Waals surface area contributed by atoms with Gasteiger partial charge in [0.05, 0.1) is 22.0 Å². The summed E-state index contributed by atoms with van der Waals surface area (Å²) < 4.78 is 27.0. The number of rotatable bonds is 3. The van der Waals surface area contributed by atoms with Crippen LogP contribution in [0.5, 0.6) is 0 Å². The molecule has 118 valence electrons. The summed E-state index contributed by atoms with van der Waals surface area (Å²) in [6, 6.07) is 4.61. The van der Waals surface area contributed by atoms with E-state index in [0.717, 1.165) is 12.8 Å². The number of fused-ring (bicyclic) bond motifs is 1. The third kappa shape index (κ3) is 1.77. The third-order valence-electron chi connectivity index (χ3n) is 5.46. The van der Waals surface area contributed by atoms with E-state index in [1.54, 1.807) is 0 Å². The van der Waals surface area contributed by atoms with Crippen molar-refractivity contribution in [2.75, 3.05) is 6.54 Å². The highest BCUT2D eigenvalue weighted by Crippen LogP contribution is 2.56. The number of nitro benzene ring substituents is 1. The molecule has 7 nitrogen and oxygen atoms in total. The van der Waals surface area contributed by atoms with E-state index in [4.69, 9.17) is 0 Å². The van der Waals surface area contributed by atoms with Crippen molar-refractivity contribution < 1.29 is 18.4 Å². The Balaban J connectivity index is 1.68. The van der Waals surface area contributed by atoms with Crippen molar-refractivity contribution in [2.24, 2.45) is 17.8 Å². The monoisotopic (exact) mass is 324 g/mol. The van der Waals surface area contributed by atoms with E-state index in [-0.39, 0.29) is 28.5 Å². The minimum absolute atomic E-state index is 0.0510. The minimum Gasteiger partial charge on any atom is -0.391 e. The van der Waals surface area contributed by atoms with Crippen LogP contribution in [0, 0.1) is 27.9 Å². The van der Waals surface area contributed by atoms with E-state index in [2.05, 4.69) is 0 Å². The number of hydrogen-bond acceptors (Lipinski definition) is 5. The SMILES string of the molecule is O=[N+]([O-])c1ccc(S(=O)(=O)N2C[C@@H]3C[C@H]4C[C@H]3[C@@H]2[C@@H]4O)cc1. The molecule has 1 aliphatic heterocycles. The van der Waals surface area contributed by atoms with Crippen molar-refractivity contribution in [2.45, 2.75) is 29.9 Å². The quantitative estimate of drug-likeness (QED) is 0.660. The topological polar surface area (TPSA) is 101 Å². The molecule has 3 fully saturated rings. The first-order valence-electron chi connectivity index (χ1n) is 7.34. The number of sulfonamides is 1. The number of non-ortho nitro benzene ring substituents is 1. The number of benzene rings is 1. The van der Waals surface area contributed by atoms with Gasteiger partial charge in [-0.3, -0.25) is 10.1 Å². The van der Waals surface area contributed by atoms with E-state index >= 15 is 0 Å². The molecule has 22 heavy (non-hydrogen) atoms. The van der Waals surface area contributed by atoms with Crippen LogP contribution in [0.25, 0.3) is 0 Å². The van der Waals surface area contributed by atoms with Gasteiger partial charge in [0.15, 0.2) is 0 Å². The maximum absolute atomic E-state index is 12.8. The van der Waals surface area contributed by atoms with Gasteiger partial charge in [0, 0.05) is 18.7 Å². The second-order valence-electron chi connectivity index (χ2n) is 6.46. The van der Waals surface area contributed by atoms with Gasteiger partial charge in [-0.25, -0.2) is 8.42 Å². The van der Waals surface area contributed by atoms with Crippen molar-refractivity contribution in [3.05, 3.63) is 34.4 Å². The summed E-state index contributed by atoms with van der Waals surface area (Å²) in [6.45, 7) is 0.447. The second-order valence-corrected chi connectivity index (χ2v) is 8.35. The average Bonchev–Trinajstić information content (AvgIpc) is 3.09. The van der Waals surface area contributed by atoms with Gasteiger partial charge in [-0.1, -0.05) is 0 Å². The van der Waals surface area contributed by atoms with Crippen molar-refractivity contribution >= 4 is 15.7 Å². The molecule has 0 amide bonds. The van der Waals surface area contributed by atoms with Crippen molar-refractivity contribution in [3.63, 3.8) is 0 Å². The Hall–Kier alpha value is -1.51. The number of aliphatic hydroxyl groups excluding tert-OH is 1. The first-order chi connectivity index (χ1) is 10.4. The van der Waals surface area contributed by atoms with Gasteiger partial charge in [-0.2, -0.15) is 4.31 Å². The molecule has 2 aliphatic carbocycles. The van der Waals surface area contributed by atoms with Gasteiger partial charge in [-0.05, 0) is 42.7 Å². The summed E-state index contributed by atoms with van der Waals surface area (Å²) in [6.07, 6.45) is 1.22. The lowest BCUT2D eigenvalue weighted by Gasteiger charge is -2.28. The van der Waals surface area contributed by atoms with Crippen LogP contribution >= 0.6 is 0 Å². The van der Waals surface area contributed by atoms with Crippen LogP contribution in [0.2, 0.25) is 0 Å². The van der Waals surface area contributed by atoms with Gasteiger partial charge in [-0.15, -0.1) is 0 Å². The van der Waals surface area contributed by atoms with Crippen LogP contribution < -0.4 is 0 Å². The molecule has 1 saturated heterocycles. The third-order valence-corrected chi connectivity index (χ3v) is 7.34. The number of hydrogen-bond donors (Lipinski definition) is 1. The fourth-order valence-corrected chi connectivity index (χ4v) is 6.25. The van der Waals surface area contributed by atoms with E-state index in [0.29, 0.717) is 12.5 Å². The lowest BCUT2D eigenvalue weighted by molar-refractivity contribution is -0.384. The Kier molecular flexibility index (Phi) is 2.88. The minimum atomic E-state index is -3.72. The summed E-state index contributed by atoms with van der Waals surface area (Å²) in [4.78, 5) is 10.2. The molecule has 1 N–H and O–H groups in total. The maximum Gasteiger partial charge on any atom is 0.269 e. The molecular weight excluding hydrogens is 308 g/mol. The van der Waals surface area contributed by atoms with Gasteiger partial charge >= 0.3 is 0 Å². The van der Waals surface area contributed by atoms with E-state index in [1.165, 1.54) is 28.6 Å². The highest BCUT2D eigenvalue weighted by atomic mass is 32.2. The Bertz CT molecular complexity index is 730. The first-order valence-corrected chi connectivity index (χ1v) is 8.78. The Morgan fingerprint density at radius 2 is 1.86 bits per heavy atom. The summed E-state index contributed by atoms with van der Waals surface area (Å²) in [7, 11) is -3.72. The van der Waals surface area contributed by atoms with Gasteiger partial charge in [0.25, 0.3) is 5.69 Å². The summed E-state index contributed by atoms with van der Waals surface area (Å²) in [5.74, 6) is 0.816. The van der Waals surface area contributed by atoms with E-state index < -0.39 is 21.1 Å². The van der Waals surface area contributed by atoms with Crippen LogP contribution in [0.4, 0.5) is 5.69 Å². The zero-order valence-corrected chi connectivity index (χ0v) is 12.5. The fourth-order valence-electron chi connectivity index (χ4n) is 4.51. The molecule has 2 saturated carbocycles. The van der Waals surface area contributed by atoms with E-state index in [9.17, 15) is 23.6 Å². The number of nitrogens with zero attached hydrogens (tertiary/aromatic N) is 2. The molecular formula is C14H16N2O5S. The molecule has 2 bridgehead atoms. The molecule has 0 spiro atoms. The molecule has 0 aromatic heterocycles. The zero-order valence-electron chi connectivity index (χ0n) is 11.7. The Morgan fingerprint density at radius 3 is 2.45 bits per heavy atom. The van der Waals surface area contributed by atoms with Gasteiger partial charge in [0.2, 0.25) is 10.0 Å². The average molecular weight is 324 g/mol. The molecule has 5 atom stereocenters. The molecule has 1 aromatic rings. The molecule has 4 rings (SSSR count). The lowest BCUT2D eigenvalue weighted by Crippen LogP contribution is -2.43. The predicted octanol–water partition coefficient (Wildman–Crippen LogP) is 0.985. The second kappa shape index (κ2) is 4.50. The molecule has 8 heteroatoms. The van der Waals surface area contributed by atoms with E-state index in [1.807, 2.05) is 0 Å². The summed E-state index contributed by atoms with van der Waals surface area (Å²) in [5.41, 5.74) is -0.138. The first kappa shape index (κ1) is 14.1. The lowest BCUT2D eigenvalue weighted by atomic mass is 9.88. The van der Waals surface area contributed by atoms with Crippen LogP contribution in [0.1, 0.15) is 12.8 Å². The standard InChI is InChI=1S/C14H16N2O5S/c17-14-8-5-9-7-15(13(14)12(9)6-8)22(20,21)11-3-1-10(2-4-11)16(18)19/h1-4,8-9,12-14,17H,5-7H2/t8-,9-,12+,13+,14+/m0/s1. The highest BCUT2D eigenvalue weighted by molar-refractivity contribution is 7.89. The molecule has 0 radical (unpaired) electrons. The maximum atomic E-state index is 12.8. The highest BCUT2D eigenvalue weighted by Gasteiger charge is 2.61. The smallest absolute Gasteiger partial charge is 0.269 e. The zero-order chi connectivity index (χ0) is 15.6. The Morgan fingerprint density at radius 1 is 1.18 bits per heavy atom.